The van der Waals surface area contributed by atoms with Crippen molar-refractivity contribution in [3.8, 4) is 0 Å². The molecule has 4 nitrogen and oxygen atoms in total. The van der Waals surface area contributed by atoms with Crippen LogP contribution in [-0.2, 0) is 9.53 Å². The Morgan fingerprint density at radius 2 is 2.00 bits per heavy atom. The van der Waals surface area contributed by atoms with Gasteiger partial charge in [-0.15, -0.1) is 0 Å². The Kier molecular flexibility index (Phi) is 5.44. The van der Waals surface area contributed by atoms with Crippen LogP contribution in [0.5, 0.6) is 0 Å². The maximum atomic E-state index is 11.4. The lowest BCUT2D eigenvalue weighted by Crippen LogP contribution is -2.50. The van der Waals surface area contributed by atoms with Crippen LogP contribution in [0.4, 0.5) is 0 Å². The van der Waals surface area contributed by atoms with E-state index < -0.39 is 11.5 Å². The van der Waals surface area contributed by atoms with Crippen LogP contribution in [0.15, 0.2) is 0 Å². The first-order valence-electron chi connectivity index (χ1n) is 8.14. The van der Waals surface area contributed by atoms with Gasteiger partial charge in [0.05, 0.1) is 6.10 Å². The van der Waals surface area contributed by atoms with Crippen molar-refractivity contribution in [3.63, 3.8) is 0 Å². The molecule has 2 N–H and O–H groups in total. The van der Waals surface area contributed by atoms with E-state index in [-0.39, 0.29) is 0 Å². The van der Waals surface area contributed by atoms with Crippen molar-refractivity contribution in [2.75, 3.05) is 6.61 Å². The molecule has 3 atom stereocenters. The number of carboxylic acids is 1. The summed E-state index contributed by atoms with van der Waals surface area (Å²) in [4.78, 5) is 11.4. The van der Waals surface area contributed by atoms with Crippen LogP contribution >= 0.6 is 0 Å². The molecule has 0 saturated heterocycles. The Hall–Kier alpha value is -0.610. The van der Waals surface area contributed by atoms with E-state index in [4.69, 9.17) is 4.74 Å². The number of aliphatic carboxylic acids is 1. The maximum absolute atomic E-state index is 11.4. The summed E-state index contributed by atoms with van der Waals surface area (Å²) in [6, 6.07) is 0.412. The number of rotatable bonds is 8. The van der Waals surface area contributed by atoms with Gasteiger partial charge in [-0.05, 0) is 51.4 Å². The molecule has 20 heavy (non-hydrogen) atoms. The predicted molar refractivity (Wildman–Crippen MR) is 78.8 cm³/mol. The highest BCUT2D eigenvalue weighted by Crippen LogP contribution is 2.27. The molecule has 2 rings (SSSR count). The molecule has 4 heteroatoms. The average Bonchev–Trinajstić information content (AvgIpc) is 3.20. The zero-order valence-corrected chi connectivity index (χ0v) is 12.9. The topological polar surface area (TPSA) is 58.6 Å². The van der Waals surface area contributed by atoms with E-state index in [1.165, 1.54) is 19.3 Å². The fourth-order valence-electron chi connectivity index (χ4n) is 3.11. The van der Waals surface area contributed by atoms with E-state index in [0.29, 0.717) is 31.1 Å². The van der Waals surface area contributed by atoms with Crippen molar-refractivity contribution in [1.29, 1.82) is 0 Å². The minimum absolute atomic E-state index is 0.385. The summed E-state index contributed by atoms with van der Waals surface area (Å²) in [5.74, 6) is -0.0883. The fourth-order valence-corrected chi connectivity index (χ4v) is 3.11. The van der Waals surface area contributed by atoms with Gasteiger partial charge in [-0.2, -0.15) is 0 Å². The summed E-state index contributed by atoms with van der Waals surface area (Å²) < 4.78 is 5.97. The second-order valence-electron chi connectivity index (χ2n) is 6.83. The SMILES string of the molecule is CC1CCCCC1OCCCC(C)(NC1CC1)C(=O)O. The second kappa shape index (κ2) is 6.90. The van der Waals surface area contributed by atoms with Gasteiger partial charge in [0.2, 0.25) is 0 Å². The van der Waals surface area contributed by atoms with E-state index >= 15 is 0 Å². The molecule has 0 aromatic rings. The van der Waals surface area contributed by atoms with Gasteiger partial charge < -0.3 is 9.84 Å². The first-order valence-corrected chi connectivity index (χ1v) is 8.14. The molecule has 0 aliphatic heterocycles. The minimum atomic E-state index is -0.789. The van der Waals surface area contributed by atoms with Crippen LogP contribution in [-0.4, -0.2) is 35.4 Å². The van der Waals surface area contributed by atoms with Gasteiger partial charge >= 0.3 is 5.97 Å². The molecular weight excluding hydrogens is 254 g/mol. The van der Waals surface area contributed by atoms with Crippen LogP contribution in [0.2, 0.25) is 0 Å². The molecule has 0 aromatic carbocycles. The smallest absolute Gasteiger partial charge is 0.323 e. The molecule has 0 bridgehead atoms. The second-order valence-corrected chi connectivity index (χ2v) is 6.83. The first kappa shape index (κ1) is 15.8. The van der Waals surface area contributed by atoms with Crippen LogP contribution in [0.1, 0.15) is 65.2 Å². The summed E-state index contributed by atoms with van der Waals surface area (Å²) in [5, 5.41) is 12.7. The van der Waals surface area contributed by atoms with Crippen molar-refractivity contribution >= 4 is 5.97 Å². The monoisotopic (exact) mass is 283 g/mol. The minimum Gasteiger partial charge on any atom is -0.480 e. The first-order chi connectivity index (χ1) is 9.51. The molecule has 116 valence electrons. The highest BCUT2D eigenvalue weighted by Gasteiger charge is 2.38. The normalized spacial score (nSPS) is 29.9. The summed E-state index contributed by atoms with van der Waals surface area (Å²) >= 11 is 0. The zero-order chi connectivity index (χ0) is 14.6. The molecule has 0 heterocycles. The van der Waals surface area contributed by atoms with Gasteiger partial charge in [0.1, 0.15) is 5.54 Å². The van der Waals surface area contributed by atoms with Gasteiger partial charge in [0.25, 0.3) is 0 Å². The third-order valence-corrected chi connectivity index (χ3v) is 4.76. The third kappa shape index (κ3) is 4.45. The summed E-state index contributed by atoms with van der Waals surface area (Å²) in [6.45, 7) is 4.75. The Labute approximate surface area is 122 Å². The van der Waals surface area contributed by atoms with Gasteiger partial charge in [-0.25, -0.2) is 0 Å². The lowest BCUT2D eigenvalue weighted by molar-refractivity contribution is -0.144. The lowest BCUT2D eigenvalue weighted by atomic mass is 9.88. The zero-order valence-electron chi connectivity index (χ0n) is 12.9. The average molecular weight is 283 g/mol. The number of hydrogen-bond donors (Lipinski definition) is 2. The van der Waals surface area contributed by atoms with Gasteiger partial charge in [-0.1, -0.05) is 19.8 Å². The summed E-state index contributed by atoms with van der Waals surface area (Å²) in [7, 11) is 0. The molecule has 0 amide bonds. The molecular formula is C16H29NO3. The fraction of sp³-hybridized carbons (Fsp3) is 0.938. The van der Waals surface area contributed by atoms with Crippen molar-refractivity contribution in [2.45, 2.75) is 82.9 Å². The van der Waals surface area contributed by atoms with Crippen LogP contribution in [0.25, 0.3) is 0 Å². The summed E-state index contributed by atoms with van der Waals surface area (Å²) in [5.41, 5.74) is -0.789. The van der Waals surface area contributed by atoms with Crippen LogP contribution in [0, 0.1) is 5.92 Å². The molecule has 2 saturated carbocycles. The van der Waals surface area contributed by atoms with Gasteiger partial charge in [0, 0.05) is 12.6 Å². The lowest BCUT2D eigenvalue weighted by Gasteiger charge is -2.30. The third-order valence-electron chi connectivity index (χ3n) is 4.76. The highest BCUT2D eigenvalue weighted by atomic mass is 16.5. The molecule has 2 fully saturated rings. The number of ether oxygens (including phenoxy) is 1. The quantitative estimate of drug-likeness (QED) is 0.672. The Morgan fingerprint density at radius 1 is 1.30 bits per heavy atom. The molecule has 2 aliphatic carbocycles. The molecule has 3 unspecified atom stereocenters. The van der Waals surface area contributed by atoms with E-state index in [1.54, 1.807) is 6.92 Å². The Bertz CT molecular complexity index is 330. The van der Waals surface area contributed by atoms with Crippen LogP contribution < -0.4 is 5.32 Å². The van der Waals surface area contributed by atoms with E-state index in [0.717, 1.165) is 25.7 Å². The Morgan fingerprint density at radius 3 is 2.60 bits per heavy atom. The largest absolute Gasteiger partial charge is 0.480 e. The van der Waals surface area contributed by atoms with Crippen molar-refractivity contribution < 1.29 is 14.6 Å². The molecule has 0 radical (unpaired) electrons. The van der Waals surface area contributed by atoms with Gasteiger partial charge in [-0.3, -0.25) is 10.1 Å². The number of carboxylic acid groups (broad SMARTS) is 1. The van der Waals surface area contributed by atoms with E-state index in [1.807, 2.05) is 0 Å². The van der Waals surface area contributed by atoms with Crippen LogP contribution in [0.3, 0.4) is 0 Å². The maximum Gasteiger partial charge on any atom is 0.323 e. The van der Waals surface area contributed by atoms with E-state index in [9.17, 15) is 9.90 Å². The van der Waals surface area contributed by atoms with Gasteiger partial charge in [0.15, 0.2) is 0 Å². The van der Waals surface area contributed by atoms with E-state index in [2.05, 4.69) is 12.2 Å². The summed E-state index contributed by atoms with van der Waals surface area (Å²) in [6.07, 6.45) is 9.08. The molecule has 0 spiro atoms. The molecule has 2 aliphatic rings. The predicted octanol–water partition coefficient (Wildman–Crippen LogP) is 2.96. The van der Waals surface area contributed by atoms with Crippen molar-refractivity contribution in [3.05, 3.63) is 0 Å². The Balaban J connectivity index is 1.68. The highest BCUT2D eigenvalue weighted by molar-refractivity contribution is 5.78. The number of hydrogen-bond acceptors (Lipinski definition) is 3. The number of carbonyl (C=O) groups is 1. The number of nitrogens with one attached hydrogen (secondary N) is 1. The van der Waals surface area contributed by atoms with Crippen molar-refractivity contribution in [2.24, 2.45) is 5.92 Å². The standard InChI is InChI=1S/C16H29NO3/c1-12-6-3-4-7-14(12)20-11-5-10-16(2,15(18)19)17-13-8-9-13/h12-14,17H,3-11H2,1-2H3,(H,18,19). The van der Waals surface area contributed by atoms with Crippen molar-refractivity contribution in [1.82, 2.24) is 5.32 Å². The molecule has 0 aromatic heterocycles.